The topological polar surface area (TPSA) is 52.0 Å². The van der Waals surface area contributed by atoms with Crippen molar-refractivity contribution >= 4 is 27.3 Å². The molecule has 0 saturated carbocycles. The van der Waals surface area contributed by atoms with Gasteiger partial charge in [-0.15, -0.1) is 11.3 Å². The van der Waals surface area contributed by atoms with Gasteiger partial charge >= 0.3 is 0 Å². The SMILES string of the molecule is Cc1sc2c(C(C)C)noc2c1N. The molecule has 2 aromatic rings. The molecule has 0 saturated heterocycles. The molecule has 70 valence electrons. The molecule has 0 aliphatic carbocycles. The van der Waals surface area contributed by atoms with E-state index in [1.54, 1.807) is 11.3 Å². The third-order valence-corrected chi connectivity index (χ3v) is 3.22. The van der Waals surface area contributed by atoms with Crippen LogP contribution < -0.4 is 5.73 Å². The second-order valence-corrected chi connectivity index (χ2v) is 4.68. The fourth-order valence-electron chi connectivity index (χ4n) is 1.30. The number of nitrogens with zero attached hydrogens (tertiary/aromatic N) is 1. The summed E-state index contributed by atoms with van der Waals surface area (Å²) in [6, 6.07) is 0. The Balaban J connectivity index is 2.74. The highest BCUT2D eigenvalue weighted by Gasteiger charge is 2.17. The molecule has 2 aromatic heterocycles. The Labute approximate surface area is 80.5 Å². The minimum absolute atomic E-state index is 0.388. The highest BCUT2D eigenvalue weighted by Crippen LogP contribution is 2.37. The summed E-state index contributed by atoms with van der Waals surface area (Å²) >= 11 is 1.66. The fourth-order valence-corrected chi connectivity index (χ4v) is 2.43. The van der Waals surface area contributed by atoms with Crippen LogP contribution in [-0.4, -0.2) is 5.16 Å². The summed E-state index contributed by atoms with van der Waals surface area (Å²) in [5.74, 6) is 0.388. The molecule has 0 bridgehead atoms. The summed E-state index contributed by atoms with van der Waals surface area (Å²) in [6.45, 7) is 6.20. The van der Waals surface area contributed by atoms with Crippen LogP contribution in [0.25, 0.3) is 10.3 Å². The Morgan fingerprint density at radius 3 is 2.77 bits per heavy atom. The molecule has 0 fully saturated rings. The van der Waals surface area contributed by atoms with Gasteiger partial charge in [-0.05, 0) is 6.92 Å². The number of nitrogens with two attached hydrogens (primary N) is 1. The van der Waals surface area contributed by atoms with Crippen LogP contribution in [0.3, 0.4) is 0 Å². The average molecular weight is 196 g/mol. The first-order chi connectivity index (χ1) is 6.11. The molecule has 0 aliphatic rings. The number of hydrogen-bond acceptors (Lipinski definition) is 4. The summed E-state index contributed by atoms with van der Waals surface area (Å²) in [7, 11) is 0. The Bertz CT molecular complexity index is 442. The first-order valence-electron chi connectivity index (χ1n) is 4.25. The van der Waals surface area contributed by atoms with Crippen molar-refractivity contribution < 1.29 is 4.52 Å². The van der Waals surface area contributed by atoms with Crippen molar-refractivity contribution in [2.75, 3.05) is 5.73 Å². The molecule has 4 heteroatoms. The number of fused-ring (bicyclic) bond motifs is 1. The molecule has 2 heterocycles. The minimum Gasteiger partial charge on any atom is -0.395 e. The van der Waals surface area contributed by atoms with Crippen LogP contribution in [0.5, 0.6) is 0 Å². The van der Waals surface area contributed by atoms with Crippen molar-refractivity contribution in [1.82, 2.24) is 5.16 Å². The van der Waals surface area contributed by atoms with E-state index < -0.39 is 0 Å². The number of anilines is 1. The maximum Gasteiger partial charge on any atom is 0.201 e. The third kappa shape index (κ3) is 1.13. The third-order valence-electron chi connectivity index (χ3n) is 2.10. The van der Waals surface area contributed by atoms with Crippen LogP contribution >= 0.6 is 11.3 Å². The van der Waals surface area contributed by atoms with Gasteiger partial charge in [0, 0.05) is 10.8 Å². The first-order valence-corrected chi connectivity index (χ1v) is 5.07. The van der Waals surface area contributed by atoms with Gasteiger partial charge in [-0.1, -0.05) is 19.0 Å². The van der Waals surface area contributed by atoms with Crippen molar-refractivity contribution in [3.05, 3.63) is 10.6 Å². The zero-order chi connectivity index (χ0) is 9.59. The average Bonchev–Trinajstić information content (AvgIpc) is 2.55. The molecule has 2 rings (SSSR count). The predicted octanol–water partition coefficient (Wildman–Crippen LogP) is 2.90. The first kappa shape index (κ1) is 8.56. The molecule has 13 heavy (non-hydrogen) atoms. The van der Waals surface area contributed by atoms with Crippen molar-refractivity contribution in [2.24, 2.45) is 0 Å². The van der Waals surface area contributed by atoms with E-state index in [-0.39, 0.29) is 0 Å². The second-order valence-electron chi connectivity index (χ2n) is 3.45. The summed E-state index contributed by atoms with van der Waals surface area (Å²) in [6.07, 6.45) is 0. The molecule has 2 N–H and O–H groups in total. The highest BCUT2D eigenvalue weighted by molar-refractivity contribution is 7.19. The quantitative estimate of drug-likeness (QED) is 0.763. The molecule has 0 radical (unpaired) electrons. The zero-order valence-corrected chi connectivity index (χ0v) is 8.73. The van der Waals surface area contributed by atoms with E-state index in [9.17, 15) is 0 Å². The molecule has 0 atom stereocenters. The van der Waals surface area contributed by atoms with Gasteiger partial charge in [0.2, 0.25) is 5.58 Å². The predicted molar refractivity (Wildman–Crippen MR) is 55.1 cm³/mol. The van der Waals surface area contributed by atoms with E-state index in [0.29, 0.717) is 5.92 Å². The highest BCUT2D eigenvalue weighted by atomic mass is 32.1. The standard InChI is InChI=1S/C9H12N2OS/c1-4(2)7-9-8(12-11-7)6(10)5(3)13-9/h4H,10H2,1-3H3. The van der Waals surface area contributed by atoms with Gasteiger partial charge in [-0.25, -0.2) is 0 Å². The summed E-state index contributed by atoms with van der Waals surface area (Å²) in [4.78, 5) is 1.11. The molecular formula is C9H12N2OS. The number of rotatable bonds is 1. The lowest BCUT2D eigenvalue weighted by atomic mass is 10.1. The Kier molecular flexibility index (Phi) is 1.80. The summed E-state index contributed by atoms with van der Waals surface area (Å²) in [5.41, 5.74) is 8.33. The smallest absolute Gasteiger partial charge is 0.201 e. The monoisotopic (exact) mass is 196 g/mol. The van der Waals surface area contributed by atoms with Gasteiger partial charge in [0.15, 0.2) is 0 Å². The minimum atomic E-state index is 0.388. The number of aryl methyl sites for hydroxylation is 1. The van der Waals surface area contributed by atoms with E-state index in [1.807, 2.05) is 6.92 Å². The van der Waals surface area contributed by atoms with E-state index >= 15 is 0 Å². The lowest BCUT2D eigenvalue weighted by Crippen LogP contribution is -1.85. The lowest BCUT2D eigenvalue weighted by molar-refractivity contribution is 0.442. The van der Waals surface area contributed by atoms with E-state index in [2.05, 4.69) is 19.0 Å². The maximum absolute atomic E-state index is 5.83. The van der Waals surface area contributed by atoms with Crippen LogP contribution in [-0.2, 0) is 0 Å². The largest absolute Gasteiger partial charge is 0.395 e. The van der Waals surface area contributed by atoms with Crippen LogP contribution in [0.2, 0.25) is 0 Å². The summed E-state index contributed by atoms with van der Waals surface area (Å²) in [5, 5.41) is 4.01. The fraction of sp³-hybridized carbons (Fsp3) is 0.444. The van der Waals surface area contributed by atoms with Gasteiger partial charge in [0.1, 0.15) is 10.4 Å². The molecular weight excluding hydrogens is 184 g/mol. The number of thiophene rings is 1. The number of hydrogen-bond donors (Lipinski definition) is 1. The van der Waals surface area contributed by atoms with E-state index in [4.69, 9.17) is 10.3 Å². The number of nitrogen functional groups attached to an aromatic ring is 1. The van der Waals surface area contributed by atoms with Gasteiger partial charge < -0.3 is 10.3 Å². The van der Waals surface area contributed by atoms with Crippen LogP contribution in [0, 0.1) is 6.92 Å². The lowest BCUT2D eigenvalue weighted by Gasteiger charge is -1.95. The summed E-state index contributed by atoms with van der Waals surface area (Å²) < 4.78 is 6.30. The van der Waals surface area contributed by atoms with Crippen LogP contribution in [0.15, 0.2) is 4.52 Å². The molecule has 0 aromatic carbocycles. The number of aromatic nitrogens is 1. The van der Waals surface area contributed by atoms with Crippen LogP contribution in [0.1, 0.15) is 30.3 Å². The van der Waals surface area contributed by atoms with E-state index in [1.165, 1.54) is 0 Å². The van der Waals surface area contributed by atoms with Crippen molar-refractivity contribution in [3.63, 3.8) is 0 Å². The zero-order valence-electron chi connectivity index (χ0n) is 7.92. The normalized spacial score (nSPS) is 11.7. The Hall–Kier alpha value is -1.03. The molecule has 0 amide bonds. The van der Waals surface area contributed by atoms with Crippen molar-refractivity contribution in [3.8, 4) is 0 Å². The Morgan fingerprint density at radius 1 is 1.46 bits per heavy atom. The van der Waals surface area contributed by atoms with Gasteiger partial charge in [-0.3, -0.25) is 0 Å². The second kappa shape index (κ2) is 2.73. The Morgan fingerprint density at radius 2 is 2.15 bits per heavy atom. The molecule has 3 nitrogen and oxygen atoms in total. The molecule has 0 unspecified atom stereocenters. The van der Waals surface area contributed by atoms with E-state index in [0.717, 1.165) is 26.5 Å². The van der Waals surface area contributed by atoms with Crippen molar-refractivity contribution in [1.29, 1.82) is 0 Å². The van der Waals surface area contributed by atoms with Gasteiger partial charge in [-0.2, -0.15) is 0 Å². The van der Waals surface area contributed by atoms with Crippen LogP contribution in [0.4, 0.5) is 5.69 Å². The molecule has 0 spiro atoms. The molecule has 0 aliphatic heterocycles. The maximum atomic E-state index is 5.83. The van der Waals surface area contributed by atoms with Gasteiger partial charge in [0.05, 0.1) is 5.69 Å². The van der Waals surface area contributed by atoms with Crippen molar-refractivity contribution in [2.45, 2.75) is 26.7 Å². The van der Waals surface area contributed by atoms with Gasteiger partial charge in [0.25, 0.3) is 0 Å².